The van der Waals surface area contributed by atoms with Gasteiger partial charge < -0.3 is 15.2 Å². The molecule has 8 heteroatoms. The van der Waals surface area contributed by atoms with Gasteiger partial charge in [0, 0.05) is 12.0 Å². The predicted molar refractivity (Wildman–Crippen MR) is 75.6 cm³/mol. The van der Waals surface area contributed by atoms with Gasteiger partial charge >= 0.3 is 6.18 Å². The van der Waals surface area contributed by atoms with E-state index in [1.54, 1.807) is 6.07 Å². The van der Waals surface area contributed by atoms with Crippen LogP contribution in [0.2, 0.25) is 0 Å². The summed E-state index contributed by atoms with van der Waals surface area (Å²) in [6, 6.07) is 4.46. The summed E-state index contributed by atoms with van der Waals surface area (Å²) in [5, 5.41) is 12.1. The molecule has 0 aliphatic heterocycles. The van der Waals surface area contributed by atoms with Gasteiger partial charge in [-0.2, -0.15) is 13.2 Å². The molecule has 1 fully saturated rings. The van der Waals surface area contributed by atoms with E-state index in [1.165, 1.54) is 12.1 Å². The number of nitrogens with zero attached hydrogens (tertiary/aromatic N) is 1. The molecule has 1 amide bonds. The number of pyridine rings is 1. The highest BCUT2D eigenvalue weighted by Gasteiger charge is 2.28. The van der Waals surface area contributed by atoms with Crippen molar-refractivity contribution in [3.8, 4) is 5.88 Å². The molecule has 0 bridgehead atoms. The Morgan fingerprint density at radius 2 is 2.00 bits per heavy atom. The van der Waals surface area contributed by atoms with E-state index in [-0.39, 0.29) is 30.4 Å². The van der Waals surface area contributed by atoms with E-state index < -0.39 is 12.8 Å². The first kappa shape index (κ1) is 17.5. The Balaban J connectivity index is 1.82. The zero-order valence-electron chi connectivity index (χ0n) is 12.5. The molecule has 1 aromatic heterocycles. The van der Waals surface area contributed by atoms with Gasteiger partial charge in [0.25, 0.3) is 0 Å². The first-order chi connectivity index (χ1) is 10.8. The van der Waals surface area contributed by atoms with Gasteiger partial charge in [-0.15, -0.1) is 0 Å². The molecule has 1 aromatic rings. The maximum absolute atomic E-state index is 12.1. The number of ether oxygens (including phenoxy) is 1. The van der Waals surface area contributed by atoms with Gasteiger partial charge in [-0.05, 0) is 31.7 Å². The first-order valence-corrected chi connectivity index (χ1v) is 7.45. The molecular weight excluding hydrogens is 313 g/mol. The lowest BCUT2D eigenvalue weighted by Gasteiger charge is -2.24. The third-order valence-electron chi connectivity index (χ3n) is 3.68. The molecule has 1 aliphatic rings. The molecule has 1 aliphatic carbocycles. The number of aromatic nitrogens is 1. The minimum absolute atomic E-state index is 0.125. The second-order valence-electron chi connectivity index (χ2n) is 5.59. The summed E-state index contributed by atoms with van der Waals surface area (Å²) in [6.07, 6.45) is -2.26. The van der Waals surface area contributed by atoms with E-state index in [4.69, 9.17) is 0 Å². The number of aliphatic hydroxyl groups excluding tert-OH is 1. The predicted octanol–water partition coefficient (Wildman–Crippen LogP) is 2.19. The average Bonchev–Trinajstić information content (AvgIpc) is 2.51. The van der Waals surface area contributed by atoms with Crippen molar-refractivity contribution in [3.05, 3.63) is 23.9 Å². The largest absolute Gasteiger partial charge is 0.468 e. The van der Waals surface area contributed by atoms with E-state index in [1.807, 2.05) is 0 Å². The molecule has 0 saturated heterocycles. The van der Waals surface area contributed by atoms with Crippen LogP contribution in [0.5, 0.6) is 5.88 Å². The van der Waals surface area contributed by atoms with Crippen molar-refractivity contribution in [2.75, 3.05) is 6.61 Å². The number of rotatable bonds is 5. The SMILES string of the molecule is O=C(NCc1cccc(OCC(F)(F)F)n1)C1CCC(O)CC1. The molecule has 0 radical (unpaired) electrons. The number of nitrogens with one attached hydrogen (secondary N) is 1. The standard InChI is InChI=1S/C15H19F3N2O3/c16-15(17,18)9-23-13-3-1-2-11(20-13)8-19-14(22)10-4-6-12(21)7-5-10/h1-3,10,12,21H,4-9H2,(H,19,22). The highest BCUT2D eigenvalue weighted by Crippen LogP contribution is 2.24. The van der Waals surface area contributed by atoms with Crippen LogP contribution in [-0.2, 0) is 11.3 Å². The van der Waals surface area contributed by atoms with Crippen LogP contribution in [0.15, 0.2) is 18.2 Å². The number of aliphatic hydroxyl groups is 1. The van der Waals surface area contributed by atoms with Crippen LogP contribution in [0.1, 0.15) is 31.4 Å². The highest BCUT2D eigenvalue weighted by atomic mass is 19.4. The van der Waals surface area contributed by atoms with Crippen LogP contribution in [0.4, 0.5) is 13.2 Å². The Hall–Kier alpha value is -1.83. The molecule has 0 aromatic carbocycles. The first-order valence-electron chi connectivity index (χ1n) is 7.45. The number of hydrogen-bond donors (Lipinski definition) is 2. The Labute approximate surface area is 131 Å². The van der Waals surface area contributed by atoms with Crippen molar-refractivity contribution in [2.24, 2.45) is 5.92 Å². The average molecular weight is 332 g/mol. The normalized spacial score (nSPS) is 21.7. The number of alkyl halides is 3. The van der Waals surface area contributed by atoms with Crippen molar-refractivity contribution in [2.45, 2.75) is 44.5 Å². The van der Waals surface area contributed by atoms with Crippen molar-refractivity contribution < 1.29 is 27.8 Å². The summed E-state index contributed by atoms with van der Waals surface area (Å²) in [4.78, 5) is 15.9. The number of carbonyl (C=O) groups is 1. The Kier molecular flexibility index (Phi) is 5.81. The van der Waals surface area contributed by atoms with E-state index in [0.29, 0.717) is 31.4 Å². The summed E-state index contributed by atoms with van der Waals surface area (Å²) in [5.74, 6) is -0.391. The number of carbonyl (C=O) groups excluding carboxylic acids is 1. The second-order valence-corrected chi connectivity index (χ2v) is 5.59. The monoisotopic (exact) mass is 332 g/mol. The highest BCUT2D eigenvalue weighted by molar-refractivity contribution is 5.78. The van der Waals surface area contributed by atoms with Crippen molar-refractivity contribution in [1.82, 2.24) is 10.3 Å². The molecule has 2 rings (SSSR count). The van der Waals surface area contributed by atoms with Gasteiger partial charge in [-0.3, -0.25) is 4.79 Å². The van der Waals surface area contributed by atoms with Crippen LogP contribution in [0, 0.1) is 5.92 Å². The Morgan fingerprint density at radius 3 is 2.65 bits per heavy atom. The molecule has 5 nitrogen and oxygen atoms in total. The van der Waals surface area contributed by atoms with Crippen LogP contribution < -0.4 is 10.1 Å². The summed E-state index contributed by atoms with van der Waals surface area (Å²) < 4.78 is 40.9. The van der Waals surface area contributed by atoms with Crippen molar-refractivity contribution >= 4 is 5.91 Å². The number of hydrogen-bond acceptors (Lipinski definition) is 4. The Bertz CT molecular complexity index is 529. The van der Waals surface area contributed by atoms with Crippen LogP contribution in [-0.4, -0.2) is 34.9 Å². The van der Waals surface area contributed by atoms with E-state index in [2.05, 4.69) is 15.0 Å². The molecule has 1 heterocycles. The minimum atomic E-state index is -4.42. The lowest BCUT2D eigenvalue weighted by Crippen LogP contribution is -2.34. The summed E-state index contributed by atoms with van der Waals surface area (Å²) in [5.41, 5.74) is 0.425. The van der Waals surface area contributed by atoms with Gasteiger partial charge in [0.05, 0.1) is 18.3 Å². The summed E-state index contributed by atoms with van der Waals surface area (Å²) in [6.45, 7) is -1.28. The molecule has 0 unspecified atom stereocenters. The fourth-order valence-electron chi connectivity index (χ4n) is 2.45. The van der Waals surface area contributed by atoms with E-state index >= 15 is 0 Å². The fraction of sp³-hybridized carbons (Fsp3) is 0.600. The fourth-order valence-corrected chi connectivity index (χ4v) is 2.45. The van der Waals surface area contributed by atoms with E-state index in [0.717, 1.165) is 0 Å². The topological polar surface area (TPSA) is 71.5 Å². The molecule has 0 atom stereocenters. The smallest absolute Gasteiger partial charge is 0.422 e. The quantitative estimate of drug-likeness (QED) is 0.867. The summed E-state index contributed by atoms with van der Waals surface area (Å²) in [7, 11) is 0. The van der Waals surface area contributed by atoms with Crippen molar-refractivity contribution in [1.29, 1.82) is 0 Å². The molecular formula is C15H19F3N2O3. The zero-order chi connectivity index (χ0) is 16.9. The zero-order valence-corrected chi connectivity index (χ0v) is 12.5. The van der Waals surface area contributed by atoms with Crippen LogP contribution in [0.25, 0.3) is 0 Å². The maximum Gasteiger partial charge on any atom is 0.422 e. The molecule has 0 spiro atoms. The van der Waals surface area contributed by atoms with Crippen molar-refractivity contribution in [3.63, 3.8) is 0 Å². The Morgan fingerprint density at radius 1 is 1.30 bits per heavy atom. The number of halogens is 3. The van der Waals surface area contributed by atoms with Gasteiger partial charge in [0.1, 0.15) is 0 Å². The number of amides is 1. The molecule has 23 heavy (non-hydrogen) atoms. The van der Waals surface area contributed by atoms with Gasteiger partial charge in [-0.25, -0.2) is 4.98 Å². The van der Waals surface area contributed by atoms with Gasteiger partial charge in [0.2, 0.25) is 11.8 Å². The van der Waals surface area contributed by atoms with E-state index in [9.17, 15) is 23.1 Å². The molecule has 2 N–H and O–H groups in total. The van der Waals surface area contributed by atoms with Gasteiger partial charge in [-0.1, -0.05) is 6.07 Å². The molecule has 1 saturated carbocycles. The van der Waals surface area contributed by atoms with Crippen LogP contribution in [0.3, 0.4) is 0 Å². The van der Waals surface area contributed by atoms with Gasteiger partial charge in [0.15, 0.2) is 6.61 Å². The lowest BCUT2D eigenvalue weighted by atomic mass is 9.87. The maximum atomic E-state index is 12.1. The lowest BCUT2D eigenvalue weighted by molar-refractivity contribution is -0.154. The minimum Gasteiger partial charge on any atom is -0.468 e. The molecule has 128 valence electrons. The van der Waals surface area contributed by atoms with Crippen LogP contribution >= 0.6 is 0 Å². The summed E-state index contributed by atoms with van der Waals surface area (Å²) >= 11 is 0. The second kappa shape index (κ2) is 7.63. The third-order valence-corrected chi connectivity index (χ3v) is 3.68. The third kappa shape index (κ3) is 6.05.